The number of pyridine rings is 1. The van der Waals surface area contributed by atoms with Crippen molar-refractivity contribution >= 4 is 23.0 Å². The number of methoxy groups -OCH3 is 1. The highest BCUT2D eigenvalue weighted by molar-refractivity contribution is 7.80. The van der Waals surface area contributed by atoms with E-state index in [1.165, 1.54) is 0 Å². The fourth-order valence-electron chi connectivity index (χ4n) is 1.52. The molecule has 0 aliphatic rings. The summed E-state index contributed by atoms with van der Waals surface area (Å²) in [4.78, 5) is 4.13. The third-order valence-electron chi connectivity index (χ3n) is 2.49. The van der Waals surface area contributed by atoms with E-state index >= 15 is 0 Å². The van der Waals surface area contributed by atoms with Gasteiger partial charge in [-0.15, -0.1) is 0 Å². The van der Waals surface area contributed by atoms with Crippen molar-refractivity contribution in [1.29, 1.82) is 0 Å². The minimum absolute atomic E-state index is 0.585. The number of ether oxygens (including phenoxy) is 1. The van der Waals surface area contributed by atoms with E-state index < -0.39 is 0 Å². The van der Waals surface area contributed by atoms with Crippen LogP contribution in [-0.2, 0) is 6.54 Å². The van der Waals surface area contributed by atoms with Gasteiger partial charge in [-0.3, -0.25) is 0 Å². The quantitative estimate of drug-likeness (QED) is 0.838. The Morgan fingerprint density at radius 3 is 2.63 bits per heavy atom. The molecule has 0 unspecified atom stereocenters. The fourth-order valence-corrected chi connectivity index (χ4v) is 1.71. The van der Waals surface area contributed by atoms with Crippen molar-refractivity contribution in [3.63, 3.8) is 0 Å². The molecule has 1 heterocycles. The second-order valence-electron chi connectivity index (χ2n) is 3.88. The minimum atomic E-state index is 0.585. The Hall–Kier alpha value is -2.14. The summed E-state index contributed by atoms with van der Waals surface area (Å²) in [5.74, 6) is 0.605. The molecule has 1 aromatic heterocycles. The van der Waals surface area contributed by atoms with Crippen LogP contribution in [0.2, 0.25) is 0 Å². The molecule has 0 fully saturated rings. The van der Waals surface area contributed by atoms with Crippen molar-refractivity contribution in [3.8, 4) is 5.88 Å². The van der Waals surface area contributed by atoms with Crippen molar-refractivity contribution in [3.05, 3.63) is 54.2 Å². The van der Waals surface area contributed by atoms with Gasteiger partial charge in [0.05, 0.1) is 7.11 Å². The standard InChI is InChI=1S/C14H15N3OS/c1-18-13-8-7-11(9-15-13)10-16-14(19)17-12-5-3-2-4-6-12/h2-9H,10H2,1H3,(H2,16,17,19). The second-order valence-corrected chi connectivity index (χ2v) is 4.29. The average Bonchev–Trinajstić information content (AvgIpc) is 2.47. The lowest BCUT2D eigenvalue weighted by Crippen LogP contribution is -2.27. The number of thiocarbonyl (C=S) groups is 1. The molecule has 5 heteroatoms. The molecule has 2 N–H and O–H groups in total. The first-order valence-electron chi connectivity index (χ1n) is 5.87. The average molecular weight is 273 g/mol. The van der Waals surface area contributed by atoms with Crippen molar-refractivity contribution in [1.82, 2.24) is 10.3 Å². The molecule has 0 atom stereocenters. The number of para-hydroxylation sites is 1. The first kappa shape index (κ1) is 13.3. The molecule has 0 radical (unpaired) electrons. The normalized spacial score (nSPS) is 9.74. The highest BCUT2D eigenvalue weighted by Crippen LogP contribution is 2.07. The zero-order valence-electron chi connectivity index (χ0n) is 10.6. The molecule has 0 amide bonds. The molecule has 0 aliphatic heterocycles. The van der Waals surface area contributed by atoms with Crippen LogP contribution in [0.1, 0.15) is 5.56 Å². The lowest BCUT2D eigenvalue weighted by atomic mass is 10.3. The van der Waals surface area contributed by atoms with E-state index in [0.717, 1.165) is 11.3 Å². The van der Waals surface area contributed by atoms with E-state index in [4.69, 9.17) is 17.0 Å². The molecule has 0 saturated heterocycles. The molecule has 4 nitrogen and oxygen atoms in total. The van der Waals surface area contributed by atoms with Crippen LogP contribution in [0, 0.1) is 0 Å². The van der Waals surface area contributed by atoms with Crippen LogP contribution in [0.4, 0.5) is 5.69 Å². The number of rotatable bonds is 4. The van der Waals surface area contributed by atoms with Crippen molar-refractivity contribution in [2.24, 2.45) is 0 Å². The van der Waals surface area contributed by atoms with E-state index in [0.29, 0.717) is 17.5 Å². The van der Waals surface area contributed by atoms with E-state index in [1.807, 2.05) is 42.5 Å². The summed E-state index contributed by atoms with van der Waals surface area (Å²) in [5, 5.41) is 6.82. The smallest absolute Gasteiger partial charge is 0.212 e. The highest BCUT2D eigenvalue weighted by atomic mass is 32.1. The number of benzene rings is 1. The van der Waals surface area contributed by atoms with Crippen molar-refractivity contribution in [2.75, 3.05) is 12.4 Å². The number of aromatic nitrogens is 1. The molecule has 19 heavy (non-hydrogen) atoms. The first-order chi connectivity index (χ1) is 9.28. The van der Waals surface area contributed by atoms with Gasteiger partial charge in [0.2, 0.25) is 5.88 Å². The van der Waals surface area contributed by atoms with Gasteiger partial charge in [0.25, 0.3) is 0 Å². The molecule has 2 aromatic rings. The molecule has 0 saturated carbocycles. The fraction of sp³-hybridized carbons (Fsp3) is 0.143. The Balaban J connectivity index is 1.83. The van der Waals surface area contributed by atoms with Crippen LogP contribution in [0.25, 0.3) is 0 Å². The topological polar surface area (TPSA) is 46.2 Å². The van der Waals surface area contributed by atoms with Crippen LogP contribution >= 0.6 is 12.2 Å². The third-order valence-corrected chi connectivity index (χ3v) is 2.74. The predicted molar refractivity (Wildman–Crippen MR) is 80.3 cm³/mol. The maximum Gasteiger partial charge on any atom is 0.212 e. The van der Waals surface area contributed by atoms with Gasteiger partial charge in [0.15, 0.2) is 5.11 Å². The van der Waals surface area contributed by atoms with Crippen LogP contribution < -0.4 is 15.4 Å². The Bertz CT molecular complexity index is 528. The third kappa shape index (κ3) is 4.22. The molecule has 2 rings (SSSR count). The van der Waals surface area contributed by atoms with Gasteiger partial charge in [-0.2, -0.15) is 0 Å². The summed E-state index contributed by atoms with van der Waals surface area (Å²) in [7, 11) is 1.60. The second kappa shape index (κ2) is 6.70. The zero-order valence-corrected chi connectivity index (χ0v) is 11.4. The van der Waals surface area contributed by atoms with Gasteiger partial charge in [-0.25, -0.2) is 4.98 Å². The molecule has 0 spiro atoms. The van der Waals surface area contributed by atoms with Gasteiger partial charge in [0, 0.05) is 24.5 Å². The molecule has 0 bridgehead atoms. The number of nitrogens with zero attached hydrogens (tertiary/aromatic N) is 1. The van der Waals surface area contributed by atoms with Crippen LogP contribution in [0.3, 0.4) is 0 Å². The maximum absolute atomic E-state index is 5.22. The van der Waals surface area contributed by atoms with Gasteiger partial charge in [-0.05, 0) is 29.9 Å². The summed E-state index contributed by atoms with van der Waals surface area (Å²) < 4.78 is 5.00. The van der Waals surface area contributed by atoms with Crippen LogP contribution in [-0.4, -0.2) is 17.2 Å². The number of anilines is 1. The maximum atomic E-state index is 5.22. The van der Waals surface area contributed by atoms with E-state index in [9.17, 15) is 0 Å². The SMILES string of the molecule is COc1ccc(CNC(=S)Nc2ccccc2)cn1. The van der Waals surface area contributed by atoms with E-state index in [-0.39, 0.29) is 0 Å². The lowest BCUT2D eigenvalue weighted by Gasteiger charge is -2.10. The monoisotopic (exact) mass is 273 g/mol. The molecular weight excluding hydrogens is 258 g/mol. The van der Waals surface area contributed by atoms with Gasteiger partial charge < -0.3 is 15.4 Å². The van der Waals surface area contributed by atoms with Gasteiger partial charge >= 0.3 is 0 Å². The lowest BCUT2D eigenvalue weighted by molar-refractivity contribution is 0.397. The number of nitrogens with one attached hydrogen (secondary N) is 2. The molecular formula is C14H15N3OS. The largest absolute Gasteiger partial charge is 0.481 e. The summed E-state index contributed by atoms with van der Waals surface area (Å²) in [6.45, 7) is 0.621. The summed E-state index contributed by atoms with van der Waals surface area (Å²) in [6, 6.07) is 13.6. The number of hydrogen-bond donors (Lipinski definition) is 2. The van der Waals surface area contributed by atoms with Crippen LogP contribution in [0.15, 0.2) is 48.7 Å². The first-order valence-corrected chi connectivity index (χ1v) is 6.27. The predicted octanol–water partition coefficient (Wildman–Crippen LogP) is 2.58. The summed E-state index contributed by atoms with van der Waals surface area (Å²) in [5.41, 5.74) is 2.01. The van der Waals surface area contributed by atoms with Crippen molar-refractivity contribution in [2.45, 2.75) is 6.54 Å². The van der Waals surface area contributed by atoms with Gasteiger partial charge in [0.1, 0.15) is 0 Å². The van der Waals surface area contributed by atoms with Crippen molar-refractivity contribution < 1.29 is 4.74 Å². The molecule has 98 valence electrons. The minimum Gasteiger partial charge on any atom is -0.481 e. The Kier molecular flexibility index (Phi) is 4.69. The highest BCUT2D eigenvalue weighted by Gasteiger charge is 1.99. The number of hydrogen-bond acceptors (Lipinski definition) is 3. The Morgan fingerprint density at radius 1 is 1.21 bits per heavy atom. The zero-order chi connectivity index (χ0) is 13.5. The Labute approximate surface area is 117 Å². The Morgan fingerprint density at radius 2 is 2.00 bits per heavy atom. The van der Waals surface area contributed by atoms with Crippen LogP contribution in [0.5, 0.6) is 5.88 Å². The molecule has 1 aromatic carbocycles. The van der Waals surface area contributed by atoms with E-state index in [2.05, 4.69) is 15.6 Å². The summed E-state index contributed by atoms with van der Waals surface area (Å²) in [6.07, 6.45) is 1.76. The summed E-state index contributed by atoms with van der Waals surface area (Å²) >= 11 is 5.22. The van der Waals surface area contributed by atoms with Gasteiger partial charge in [-0.1, -0.05) is 24.3 Å². The molecule has 0 aliphatic carbocycles. The van der Waals surface area contributed by atoms with E-state index in [1.54, 1.807) is 13.3 Å².